The molecule has 0 atom stereocenters. The van der Waals surface area contributed by atoms with Crippen LogP contribution < -0.4 is 4.90 Å². The number of benzene rings is 10. The SMILES string of the molecule is CC1(C)c2ccccc2-c2cccc(N(c3ccc(-c4cccc(-c5ccc6ccccc6c5)c4)cc3)c3ccccc3-c3cccc4c3oc3cc5ccccc5cc34)c21. The highest BCUT2D eigenvalue weighted by Crippen LogP contribution is 2.55. The molecule has 0 aliphatic heterocycles. The Bertz CT molecular complexity index is 3520. The summed E-state index contributed by atoms with van der Waals surface area (Å²) in [6, 6.07) is 77.4. The van der Waals surface area contributed by atoms with Crippen LogP contribution in [0.25, 0.3) is 88.0 Å². The maximum atomic E-state index is 6.85. The number of furan rings is 1. The average molecular weight is 780 g/mol. The number of hydrogen-bond acceptors (Lipinski definition) is 2. The number of hydrogen-bond donors (Lipinski definition) is 0. The van der Waals surface area contributed by atoms with E-state index in [4.69, 9.17) is 4.42 Å². The van der Waals surface area contributed by atoms with Gasteiger partial charge in [0.25, 0.3) is 0 Å². The van der Waals surface area contributed by atoms with Gasteiger partial charge in [0, 0.05) is 33.0 Å². The van der Waals surface area contributed by atoms with Gasteiger partial charge >= 0.3 is 0 Å². The fourth-order valence-electron chi connectivity index (χ4n) is 10.1. The summed E-state index contributed by atoms with van der Waals surface area (Å²) >= 11 is 0. The maximum Gasteiger partial charge on any atom is 0.143 e. The van der Waals surface area contributed by atoms with Gasteiger partial charge in [-0.1, -0.05) is 178 Å². The number of fused-ring (bicyclic) bond motifs is 8. The van der Waals surface area contributed by atoms with Crippen LogP contribution in [0.3, 0.4) is 0 Å². The molecule has 1 heterocycles. The Morgan fingerprint density at radius 2 is 0.951 bits per heavy atom. The summed E-state index contributed by atoms with van der Waals surface area (Å²) in [7, 11) is 0. The van der Waals surface area contributed by atoms with Gasteiger partial charge in [0.05, 0.1) is 11.4 Å². The van der Waals surface area contributed by atoms with E-state index in [0.29, 0.717) is 0 Å². The zero-order chi connectivity index (χ0) is 40.7. The lowest BCUT2D eigenvalue weighted by atomic mass is 9.81. The Morgan fingerprint density at radius 3 is 1.77 bits per heavy atom. The summed E-state index contributed by atoms with van der Waals surface area (Å²) in [6.45, 7) is 4.74. The van der Waals surface area contributed by atoms with E-state index in [1.165, 1.54) is 71.7 Å². The third kappa shape index (κ3) is 5.64. The topological polar surface area (TPSA) is 16.4 Å². The van der Waals surface area contributed by atoms with Crippen molar-refractivity contribution >= 4 is 60.5 Å². The molecule has 0 N–H and O–H groups in total. The monoisotopic (exact) mass is 779 g/mol. The molecule has 0 radical (unpaired) electrons. The molecule has 11 aromatic rings. The number of anilines is 3. The van der Waals surface area contributed by atoms with Crippen molar-refractivity contribution in [1.82, 2.24) is 0 Å². The van der Waals surface area contributed by atoms with E-state index in [2.05, 4.69) is 231 Å². The summed E-state index contributed by atoms with van der Waals surface area (Å²) in [5.74, 6) is 0. The lowest BCUT2D eigenvalue weighted by Crippen LogP contribution is -2.21. The largest absolute Gasteiger partial charge is 0.455 e. The molecule has 0 amide bonds. The summed E-state index contributed by atoms with van der Waals surface area (Å²) in [5, 5.41) is 7.13. The van der Waals surface area contributed by atoms with Crippen molar-refractivity contribution in [2.45, 2.75) is 19.3 Å². The first-order valence-corrected chi connectivity index (χ1v) is 21.2. The van der Waals surface area contributed by atoms with Crippen LogP contribution in [-0.4, -0.2) is 0 Å². The van der Waals surface area contributed by atoms with Crippen molar-refractivity contribution in [2.75, 3.05) is 4.90 Å². The van der Waals surface area contributed by atoms with E-state index < -0.39 is 0 Å². The minimum Gasteiger partial charge on any atom is -0.455 e. The van der Waals surface area contributed by atoms with E-state index in [1.54, 1.807) is 0 Å². The zero-order valence-electron chi connectivity index (χ0n) is 34.1. The molecular formula is C59H41NO. The fraction of sp³-hybridized carbons (Fsp3) is 0.0508. The average Bonchev–Trinajstić information content (AvgIpc) is 3.80. The highest BCUT2D eigenvalue weighted by atomic mass is 16.3. The third-order valence-electron chi connectivity index (χ3n) is 13.0. The lowest BCUT2D eigenvalue weighted by molar-refractivity contribution is 0.660. The van der Waals surface area contributed by atoms with E-state index >= 15 is 0 Å². The normalized spacial score (nSPS) is 12.9. The first-order valence-electron chi connectivity index (χ1n) is 21.2. The second-order valence-corrected chi connectivity index (χ2v) is 16.9. The van der Waals surface area contributed by atoms with E-state index in [9.17, 15) is 0 Å². The van der Waals surface area contributed by atoms with Crippen molar-refractivity contribution in [3.8, 4) is 44.5 Å². The smallest absolute Gasteiger partial charge is 0.143 e. The van der Waals surface area contributed by atoms with Crippen LogP contribution in [0.2, 0.25) is 0 Å². The number of nitrogens with zero attached hydrogens (tertiary/aromatic N) is 1. The summed E-state index contributed by atoms with van der Waals surface area (Å²) in [6.07, 6.45) is 0. The quantitative estimate of drug-likeness (QED) is 0.167. The number of rotatable bonds is 6. The van der Waals surface area contributed by atoms with Crippen molar-refractivity contribution in [3.63, 3.8) is 0 Å². The van der Waals surface area contributed by atoms with Gasteiger partial charge in [0.15, 0.2) is 0 Å². The van der Waals surface area contributed by atoms with Gasteiger partial charge in [-0.3, -0.25) is 0 Å². The van der Waals surface area contributed by atoms with Crippen molar-refractivity contribution < 1.29 is 4.42 Å². The molecule has 12 rings (SSSR count). The summed E-state index contributed by atoms with van der Waals surface area (Å²) in [5.41, 5.74) is 17.1. The Balaban J connectivity index is 1.03. The minimum absolute atomic E-state index is 0.223. The predicted octanol–water partition coefficient (Wildman–Crippen LogP) is 16.7. The van der Waals surface area contributed by atoms with Crippen molar-refractivity contribution in [2.24, 2.45) is 0 Å². The van der Waals surface area contributed by atoms with Crippen LogP contribution in [0, 0.1) is 0 Å². The molecule has 288 valence electrons. The molecule has 0 unspecified atom stereocenters. The summed E-state index contributed by atoms with van der Waals surface area (Å²) < 4.78 is 6.85. The van der Waals surface area contributed by atoms with Crippen LogP contribution in [0.4, 0.5) is 17.1 Å². The maximum absolute atomic E-state index is 6.85. The molecule has 2 nitrogen and oxygen atoms in total. The van der Waals surface area contributed by atoms with Crippen LogP contribution in [-0.2, 0) is 5.41 Å². The van der Waals surface area contributed by atoms with Gasteiger partial charge in [0.2, 0.25) is 0 Å². The summed E-state index contributed by atoms with van der Waals surface area (Å²) in [4.78, 5) is 2.48. The molecule has 61 heavy (non-hydrogen) atoms. The molecule has 0 saturated carbocycles. The van der Waals surface area contributed by atoms with Gasteiger partial charge in [-0.2, -0.15) is 0 Å². The van der Waals surface area contributed by atoms with Gasteiger partial charge in [-0.05, 0) is 115 Å². The Kier molecular flexibility index (Phi) is 7.92. The first kappa shape index (κ1) is 35.3. The molecule has 1 aromatic heterocycles. The highest BCUT2D eigenvalue weighted by Gasteiger charge is 2.39. The lowest BCUT2D eigenvalue weighted by Gasteiger charge is -2.33. The van der Waals surface area contributed by atoms with Crippen LogP contribution >= 0.6 is 0 Å². The zero-order valence-corrected chi connectivity index (χ0v) is 34.1. The molecule has 0 spiro atoms. The molecule has 2 heteroatoms. The van der Waals surface area contributed by atoms with E-state index in [1.807, 2.05) is 0 Å². The van der Waals surface area contributed by atoms with Crippen molar-refractivity contribution in [3.05, 3.63) is 223 Å². The Morgan fingerprint density at radius 1 is 0.377 bits per heavy atom. The predicted molar refractivity (Wildman–Crippen MR) is 257 cm³/mol. The van der Waals surface area contributed by atoms with E-state index in [-0.39, 0.29) is 5.41 Å². The number of para-hydroxylation sites is 2. The molecule has 0 fully saturated rings. The van der Waals surface area contributed by atoms with Crippen LogP contribution in [0.5, 0.6) is 0 Å². The minimum atomic E-state index is -0.223. The molecule has 10 aromatic carbocycles. The third-order valence-corrected chi connectivity index (χ3v) is 13.0. The highest BCUT2D eigenvalue weighted by molar-refractivity contribution is 6.14. The second-order valence-electron chi connectivity index (χ2n) is 16.9. The van der Waals surface area contributed by atoms with E-state index in [0.717, 1.165) is 44.4 Å². The van der Waals surface area contributed by atoms with Crippen molar-refractivity contribution in [1.29, 1.82) is 0 Å². The second kappa shape index (κ2) is 13.7. The molecule has 1 aliphatic carbocycles. The van der Waals surface area contributed by atoms with Gasteiger partial charge in [0.1, 0.15) is 11.2 Å². The molecule has 1 aliphatic rings. The van der Waals surface area contributed by atoms with Gasteiger partial charge < -0.3 is 9.32 Å². The van der Waals surface area contributed by atoms with Crippen LogP contribution in [0.15, 0.2) is 217 Å². The van der Waals surface area contributed by atoms with Crippen LogP contribution in [0.1, 0.15) is 25.0 Å². The fourth-order valence-corrected chi connectivity index (χ4v) is 10.1. The van der Waals surface area contributed by atoms with Gasteiger partial charge in [-0.25, -0.2) is 0 Å². The Labute approximate surface area is 355 Å². The molecular weight excluding hydrogens is 739 g/mol. The molecule has 0 bridgehead atoms. The van der Waals surface area contributed by atoms with Gasteiger partial charge in [-0.15, -0.1) is 0 Å². The molecule has 0 saturated heterocycles. The Hall–Kier alpha value is -7.68. The first-order chi connectivity index (χ1) is 30.0. The standard InChI is InChI=1S/C59H41NO/c1-59(2)53-25-9-7-20-47(53)49-22-13-27-55(57(49)59)60(46-32-30-39(31-33-46)41-18-11-19-42(34-41)45-29-28-38-14-3-4-15-40(38)35-45)54-26-10-8-21-48(54)50-23-12-24-51-52-36-43-16-5-6-17-44(43)37-56(52)61-58(50)51/h3-37H,1-2H3.